The molecular formula is C21H18O6. The van der Waals surface area contributed by atoms with Crippen molar-refractivity contribution in [2.24, 2.45) is 0 Å². The third-order valence-corrected chi connectivity index (χ3v) is 4.75. The fraction of sp³-hybridized carbons (Fsp3) is 0.238. The third kappa shape index (κ3) is 3.37. The van der Waals surface area contributed by atoms with E-state index in [1.807, 2.05) is 0 Å². The Morgan fingerprint density at radius 1 is 0.926 bits per heavy atom. The highest BCUT2D eigenvalue weighted by Gasteiger charge is 2.65. The molecule has 0 spiro atoms. The molecule has 0 aromatic heterocycles. The molecular weight excluding hydrogens is 348 g/mol. The van der Waals surface area contributed by atoms with Crippen LogP contribution < -0.4 is 0 Å². The van der Waals surface area contributed by atoms with Gasteiger partial charge in [0.2, 0.25) is 0 Å². The maximum Gasteiger partial charge on any atom is 0.338 e. The number of carbonyl (C=O) groups is 2. The van der Waals surface area contributed by atoms with Crippen LogP contribution in [-0.4, -0.2) is 47.6 Å². The van der Waals surface area contributed by atoms with Gasteiger partial charge in [-0.15, -0.1) is 0 Å². The smallest absolute Gasteiger partial charge is 0.338 e. The number of fused-ring (bicyclic) bond motifs is 1. The van der Waals surface area contributed by atoms with E-state index in [4.69, 9.17) is 14.2 Å². The lowest BCUT2D eigenvalue weighted by Gasteiger charge is -2.28. The van der Waals surface area contributed by atoms with E-state index in [9.17, 15) is 14.7 Å². The number of ether oxygens (including phenoxy) is 3. The first-order chi connectivity index (χ1) is 13.1. The molecule has 0 bridgehead atoms. The van der Waals surface area contributed by atoms with Crippen LogP contribution in [0.15, 0.2) is 72.8 Å². The molecule has 1 aliphatic carbocycles. The highest BCUT2D eigenvalue weighted by Crippen LogP contribution is 2.46. The Hall–Kier alpha value is -2.96. The van der Waals surface area contributed by atoms with Crippen molar-refractivity contribution in [1.29, 1.82) is 0 Å². The molecule has 0 radical (unpaired) electrons. The molecule has 0 saturated carbocycles. The lowest BCUT2D eigenvalue weighted by atomic mass is 9.89. The zero-order valence-corrected chi connectivity index (χ0v) is 14.4. The van der Waals surface area contributed by atoms with Crippen molar-refractivity contribution in [2.75, 3.05) is 6.61 Å². The topological polar surface area (TPSA) is 85.4 Å². The zero-order valence-electron chi connectivity index (χ0n) is 14.4. The third-order valence-electron chi connectivity index (χ3n) is 4.75. The molecule has 1 N–H and O–H groups in total. The Bertz CT molecular complexity index is 863. The second kappa shape index (κ2) is 6.98. The molecule has 6 heteroatoms. The van der Waals surface area contributed by atoms with E-state index in [2.05, 4.69) is 0 Å². The maximum atomic E-state index is 12.2. The first-order valence-corrected chi connectivity index (χ1v) is 8.62. The monoisotopic (exact) mass is 366 g/mol. The van der Waals surface area contributed by atoms with Gasteiger partial charge in [0.15, 0.2) is 5.60 Å². The van der Waals surface area contributed by atoms with E-state index in [0.717, 1.165) is 0 Å². The number of aliphatic hydroxyl groups is 1. The van der Waals surface area contributed by atoms with Gasteiger partial charge in [-0.05, 0) is 30.3 Å². The van der Waals surface area contributed by atoms with Crippen LogP contribution in [0.1, 0.15) is 20.7 Å². The van der Waals surface area contributed by atoms with Crippen LogP contribution in [0.5, 0.6) is 0 Å². The van der Waals surface area contributed by atoms with Crippen LogP contribution in [0, 0.1) is 0 Å². The van der Waals surface area contributed by atoms with E-state index in [1.54, 1.807) is 72.8 Å². The summed E-state index contributed by atoms with van der Waals surface area (Å²) >= 11 is 0. The molecule has 0 unspecified atom stereocenters. The molecule has 4 rings (SSSR count). The van der Waals surface area contributed by atoms with Gasteiger partial charge in [-0.2, -0.15) is 0 Å². The van der Waals surface area contributed by atoms with E-state index in [1.165, 1.54) is 0 Å². The van der Waals surface area contributed by atoms with Crippen molar-refractivity contribution < 1.29 is 28.9 Å². The van der Waals surface area contributed by atoms with Crippen LogP contribution in [0.3, 0.4) is 0 Å². The SMILES string of the molecule is O=C(OC[C@@]12O[C@@H]1C=C[C@@H](OC(=O)c1ccccc1)[C@@H]2O)c1ccccc1. The predicted octanol–water partition coefficient (Wildman–Crippen LogP) is 2.14. The number of aliphatic hydroxyl groups excluding tert-OH is 1. The van der Waals surface area contributed by atoms with Crippen LogP contribution in [0.2, 0.25) is 0 Å². The molecule has 2 aromatic carbocycles. The molecule has 4 atom stereocenters. The average Bonchev–Trinajstić information content (AvgIpc) is 3.45. The van der Waals surface area contributed by atoms with Gasteiger partial charge in [0.05, 0.1) is 11.1 Å². The number of benzene rings is 2. The minimum absolute atomic E-state index is 0.129. The minimum atomic E-state index is -1.14. The summed E-state index contributed by atoms with van der Waals surface area (Å²) in [6, 6.07) is 17.1. The molecule has 1 fully saturated rings. The van der Waals surface area contributed by atoms with Gasteiger partial charge in [-0.1, -0.05) is 42.5 Å². The van der Waals surface area contributed by atoms with E-state index in [0.29, 0.717) is 11.1 Å². The fourth-order valence-corrected chi connectivity index (χ4v) is 3.14. The van der Waals surface area contributed by atoms with Gasteiger partial charge in [0.25, 0.3) is 0 Å². The number of rotatable bonds is 5. The summed E-state index contributed by atoms with van der Waals surface area (Å²) in [5, 5.41) is 10.7. The Morgan fingerprint density at radius 2 is 1.52 bits per heavy atom. The first kappa shape index (κ1) is 17.5. The van der Waals surface area contributed by atoms with Crippen molar-refractivity contribution in [3.8, 4) is 0 Å². The van der Waals surface area contributed by atoms with Crippen molar-refractivity contribution in [2.45, 2.75) is 23.9 Å². The van der Waals surface area contributed by atoms with Gasteiger partial charge in [0.1, 0.15) is 24.9 Å². The lowest BCUT2D eigenvalue weighted by Crippen LogP contribution is -2.48. The number of hydrogen-bond acceptors (Lipinski definition) is 6. The second-order valence-corrected chi connectivity index (χ2v) is 6.50. The summed E-state index contributed by atoms with van der Waals surface area (Å²) in [5.41, 5.74) is -0.277. The van der Waals surface area contributed by atoms with Crippen LogP contribution in [0.25, 0.3) is 0 Å². The normalized spacial score (nSPS) is 28.1. The molecule has 27 heavy (non-hydrogen) atoms. The standard InChI is InChI=1S/C21H18O6/c22-18-16(26-20(24)15-9-5-2-6-10-15)11-12-17-21(18,27-17)13-25-19(23)14-7-3-1-4-8-14/h1-12,16-18,22H,13H2/t16-,17-,18+,21-/m1/s1. The van der Waals surface area contributed by atoms with Crippen molar-refractivity contribution in [3.63, 3.8) is 0 Å². The number of carbonyl (C=O) groups excluding carboxylic acids is 2. The Balaban J connectivity index is 1.41. The summed E-state index contributed by atoms with van der Waals surface area (Å²) in [6.07, 6.45) is 0.922. The quantitative estimate of drug-likeness (QED) is 0.496. The maximum absolute atomic E-state index is 12.2. The number of hydrogen-bond donors (Lipinski definition) is 1. The summed E-state index contributed by atoms with van der Waals surface area (Å²) < 4.78 is 16.3. The molecule has 138 valence electrons. The van der Waals surface area contributed by atoms with Crippen LogP contribution >= 0.6 is 0 Å². The lowest BCUT2D eigenvalue weighted by molar-refractivity contribution is -0.0486. The Morgan fingerprint density at radius 3 is 2.15 bits per heavy atom. The molecule has 1 aliphatic heterocycles. The Labute approximate surface area is 156 Å². The van der Waals surface area contributed by atoms with Crippen molar-refractivity contribution in [3.05, 3.63) is 83.9 Å². The largest absolute Gasteiger partial charge is 0.459 e. The molecule has 1 saturated heterocycles. The molecule has 1 heterocycles. The van der Waals surface area contributed by atoms with Gasteiger partial charge in [-0.3, -0.25) is 0 Å². The number of esters is 2. The van der Waals surface area contributed by atoms with Gasteiger partial charge in [0, 0.05) is 0 Å². The van der Waals surface area contributed by atoms with Gasteiger partial charge < -0.3 is 19.3 Å². The number of epoxide rings is 1. The van der Waals surface area contributed by atoms with Crippen LogP contribution in [0.4, 0.5) is 0 Å². The minimum Gasteiger partial charge on any atom is -0.459 e. The molecule has 6 nitrogen and oxygen atoms in total. The van der Waals surface area contributed by atoms with E-state index >= 15 is 0 Å². The van der Waals surface area contributed by atoms with Crippen molar-refractivity contribution >= 4 is 11.9 Å². The molecule has 2 aromatic rings. The predicted molar refractivity (Wildman–Crippen MR) is 95.1 cm³/mol. The molecule has 2 aliphatic rings. The zero-order chi connectivity index (χ0) is 18.9. The highest BCUT2D eigenvalue weighted by molar-refractivity contribution is 5.90. The van der Waals surface area contributed by atoms with Crippen molar-refractivity contribution in [1.82, 2.24) is 0 Å². The van der Waals surface area contributed by atoms with Crippen LogP contribution in [-0.2, 0) is 14.2 Å². The summed E-state index contributed by atoms with van der Waals surface area (Å²) in [6.45, 7) is -0.129. The summed E-state index contributed by atoms with van der Waals surface area (Å²) in [7, 11) is 0. The summed E-state index contributed by atoms with van der Waals surface area (Å²) in [5.74, 6) is -1.04. The van der Waals surface area contributed by atoms with E-state index < -0.39 is 29.7 Å². The average molecular weight is 366 g/mol. The fourth-order valence-electron chi connectivity index (χ4n) is 3.14. The highest BCUT2D eigenvalue weighted by atomic mass is 16.7. The van der Waals surface area contributed by atoms with Gasteiger partial charge in [-0.25, -0.2) is 9.59 Å². The van der Waals surface area contributed by atoms with Gasteiger partial charge >= 0.3 is 11.9 Å². The van der Waals surface area contributed by atoms with E-state index in [-0.39, 0.29) is 12.7 Å². The summed E-state index contributed by atoms with van der Waals surface area (Å²) in [4.78, 5) is 24.4. The molecule has 0 amide bonds. The first-order valence-electron chi connectivity index (χ1n) is 8.62. The second-order valence-electron chi connectivity index (χ2n) is 6.50. The Kier molecular flexibility index (Phi) is 4.51.